The number of aliphatic carboxylic acids is 1. The van der Waals surface area contributed by atoms with Crippen LogP contribution in [0.2, 0.25) is 0 Å². The smallest absolute Gasteiger partial charge is 0.316 e. The van der Waals surface area contributed by atoms with Crippen LogP contribution in [0, 0.1) is 11.7 Å². The monoisotopic (exact) mass is 237 g/mol. The van der Waals surface area contributed by atoms with Crippen LogP contribution in [-0.4, -0.2) is 23.5 Å². The highest BCUT2D eigenvalue weighted by molar-refractivity contribution is 5.97. The van der Waals surface area contributed by atoms with Gasteiger partial charge < -0.3 is 10.4 Å². The first-order valence-corrected chi connectivity index (χ1v) is 5.34. The van der Waals surface area contributed by atoms with E-state index in [0.29, 0.717) is 5.56 Å². The summed E-state index contributed by atoms with van der Waals surface area (Å²) in [6.07, 6.45) is 0.141. The van der Waals surface area contributed by atoms with E-state index in [-0.39, 0.29) is 24.7 Å². The van der Waals surface area contributed by atoms with Gasteiger partial charge in [0, 0.05) is 12.5 Å². The predicted molar refractivity (Wildman–Crippen MR) is 57.9 cm³/mol. The van der Waals surface area contributed by atoms with Gasteiger partial charge in [0.15, 0.2) is 0 Å². The number of benzene rings is 1. The summed E-state index contributed by atoms with van der Waals surface area (Å²) in [6, 6.07) is 6.23. The summed E-state index contributed by atoms with van der Waals surface area (Å²) in [5.41, 5.74) is 0.457. The number of carboxylic acids is 1. The van der Waals surface area contributed by atoms with Crippen LogP contribution in [0.3, 0.4) is 0 Å². The van der Waals surface area contributed by atoms with Crippen LogP contribution in [-0.2, 0) is 9.59 Å². The van der Waals surface area contributed by atoms with Crippen LogP contribution in [0.4, 0.5) is 4.39 Å². The Hall–Kier alpha value is -1.91. The number of carbonyl (C=O) groups is 2. The second-order valence-corrected chi connectivity index (χ2v) is 4.09. The normalized spacial score (nSPS) is 24.2. The third-order valence-corrected chi connectivity index (χ3v) is 3.00. The van der Waals surface area contributed by atoms with Gasteiger partial charge in [-0.05, 0) is 18.1 Å². The van der Waals surface area contributed by atoms with E-state index in [1.165, 1.54) is 6.07 Å². The molecule has 1 fully saturated rings. The lowest BCUT2D eigenvalue weighted by atomic mass is 9.85. The lowest BCUT2D eigenvalue weighted by molar-refractivity contribution is -0.148. The van der Waals surface area contributed by atoms with Gasteiger partial charge in [-0.25, -0.2) is 4.39 Å². The van der Waals surface area contributed by atoms with Gasteiger partial charge in [-0.3, -0.25) is 9.59 Å². The number of nitrogens with one attached hydrogen (secondary N) is 1. The number of carboxylic acid groups (broad SMARTS) is 1. The Balaban J connectivity index is 2.22. The Morgan fingerprint density at radius 1 is 1.41 bits per heavy atom. The van der Waals surface area contributed by atoms with Gasteiger partial charge in [0.1, 0.15) is 11.7 Å². The van der Waals surface area contributed by atoms with E-state index in [1.54, 1.807) is 18.2 Å². The molecule has 17 heavy (non-hydrogen) atoms. The van der Waals surface area contributed by atoms with Gasteiger partial charge in [-0.2, -0.15) is 0 Å². The van der Waals surface area contributed by atoms with Crippen LogP contribution in [0.1, 0.15) is 17.9 Å². The van der Waals surface area contributed by atoms with Gasteiger partial charge >= 0.3 is 5.97 Å². The number of carbonyl (C=O) groups excluding carboxylic acids is 1. The zero-order valence-corrected chi connectivity index (χ0v) is 9.02. The fourth-order valence-electron chi connectivity index (χ4n) is 2.08. The molecule has 0 unspecified atom stereocenters. The second-order valence-electron chi connectivity index (χ2n) is 4.09. The molecule has 1 heterocycles. The highest BCUT2D eigenvalue weighted by Crippen LogP contribution is 2.28. The Labute approximate surface area is 97.4 Å². The summed E-state index contributed by atoms with van der Waals surface area (Å²) in [5.74, 6) is -3.39. The van der Waals surface area contributed by atoms with Crippen molar-refractivity contribution in [2.24, 2.45) is 5.92 Å². The summed E-state index contributed by atoms with van der Waals surface area (Å²) in [7, 11) is 0. The summed E-state index contributed by atoms with van der Waals surface area (Å²) in [5, 5.41) is 11.4. The maximum Gasteiger partial charge on any atom is 0.316 e. The molecule has 0 aromatic heterocycles. The van der Waals surface area contributed by atoms with E-state index in [9.17, 15) is 14.0 Å². The zero-order valence-electron chi connectivity index (χ0n) is 9.02. The molecule has 1 aliphatic rings. The molecule has 1 aliphatic heterocycles. The highest BCUT2D eigenvalue weighted by Gasteiger charge is 2.35. The molecule has 90 valence electrons. The van der Waals surface area contributed by atoms with Gasteiger partial charge in [0.2, 0.25) is 5.91 Å². The van der Waals surface area contributed by atoms with Gasteiger partial charge in [-0.15, -0.1) is 0 Å². The molecule has 0 saturated carbocycles. The molecule has 0 spiro atoms. The van der Waals surface area contributed by atoms with E-state index in [4.69, 9.17) is 5.11 Å². The van der Waals surface area contributed by atoms with Crippen molar-refractivity contribution in [2.45, 2.75) is 12.3 Å². The van der Waals surface area contributed by atoms with E-state index < -0.39 is 17.8 Å². The Bertz CT molecular complexity index is 461. The lowest BCUT2D eigenvalue weighted by Crippen LogP contribution is -2.44. The Morgan fingerprint density at radius 2 is 2.12 bits per heavy atom. The average Bonchev–Trinajstić information content (AvgIpc) is 2.30. The maximum absolute atomic E-state index is 13.5. The van der Waals surface area contributed by atoms with Crippen LogP contribution in [0.25, 0.3) is 0 Å². The molecule has 1 amide bonds. The molecule has 4 nitrogen and oxygen atoms in total. The number of hydrogen-bond donors (Lipinski definition) is 2. The molecule has 2 rings (SSSR count). The second kappa shape index (κ2) is 4.53. The standard InChI is InChI=1S/C12H12FNO3/c13-10-4-2-1-3-8(10)7-5-9(12(16)17)11(15)14-6-7/h1-4,7,9H,5-6H2,(H,14,15)(H,16,17)/t7-,9-/m1/s1. The first kappa shape index (κ1) is 11.6. The van der Waals surface area contributed by atoms with Crippen molar-refractivity contribution < 1.29 is 19.1 Å². The summed E-state index contributed by atoms with van der Waals surface area (Å²) >= 11 is 0. The lowest BCUT2D eigenvalue weighted by Gasteiger charge is -2.27. The largest absolute Gasteiger partial charge is 0.481 e. The van der Waals surface area contributed by atoms with Crippen LogP contribution in [0.15, 0.2) is 24.3 Å². The third-order valence-electron chi connectivity index (χ3n) is 3.00. The molecular weight excluding hydrogens is 225 g/mol. The summed E-state index contributed by atoms with van der Waals surface area (Å²) in [6.45, 7) is 0.281. The fraction of sp³-hybridized carbons (Fsp3) is 0.333. The molecule has 5 heteroatoms. The quantitative estimate of drug-likeness (QED) is 0.758. The number of rotatable bonds is 2. The van der Waals surface area contributed by atoms with E-state index in [0.717, 1.165) is 0 Å². The van der Waals surface area contributed by atoms with Gasteiger partial charge in [-0.1, -0.05) is 18.2 Å². The minimum absolute atomic E-state index is 0.141. The first-order valence-electron chi connectivity index (χ1n) is 5.34. The summed E-state index contributed by atoms with van der Waals surface area (Å²) < 4.78 is 13.5. The molecule has 1 aromatic rings. The fourth-order valence-corrected chi connectivity index (χ4v) is 2.08. The number of amides is 1. The number of piperidine rings is 1. The van der Waals surface area contributed by atoms with Crippen molar-refractivity contribution in [3.63, 3.8) is 0 Å². The predicted octanol–water partition coefficient (Wildman–Crippen LogP) is 1.13. The molecule has 2 N–H and O–H groups in total. The minimum atomic E-state index is -1.16. The number of hydrogen-bond acceptors (Lipinski definition) is 2. The Morgan fingerprint density at radius 3 is 2.76 bits per heavy atom. The SMILES string of the molecule is O=C(O)[C@@H]1C[C@@H](c2ccccc2F)CNC1=O. The van der Waals surface area contributed by atoms with Crippen molar-refractivity contribution in [1.29, 1.82) is 0 Å². The first-order chi connectivity index (χ1) is 8.09. The van der Waals surface area contributed by atoms with Crippen molar-refractivity contribution in [3.05, 3.63) is 35.6 Å². The van der Waals surface area contributed by atoms with Crippen LogP contribution in [0.5, 0.6) is 0 Å². The topological polar surface area (TPSA) is 66.4 Å². The van der Waals surface area contributed by atoms with E-state index in [2.05, 4.69) is 5.32 Å². The van der Waals surface area contributed by atoms with Gasteiger partial charge in [0.25, 0.3) is 0 Å². The maximum atomic E-state index is 13.5. The van der Waals surface area contributed by atoms with E-state index in [1.807, 2.05) is 0 Å². The van der Waals surface area contributed by atoms with Crippen molar-refractivity contribution >= 4 is 11.9 Å². The molecule has 0 bridgehead atoms. The van der Waals surface area contributed by atoms with Crippen LogP contribution >= 0.6 is 0 Å². The average molecular weight is 237 g/mol. The van der Waals surface area contributed by atoms with Crippen molar-refractivity contribution in [2.75, 3.05) is 6.54 Å². The number of halogens is 1. The van der Waals surface area contributed by atoms with Crippen molar-refractivity contribution in [1.82, 2.24) is 5.32 Å². The van der Waals surface area contributed by atoms with Gasteiger partial charge in [0.05, 0.1) is 0 Å². The highest BCUT2D eigenvalue weighted by atomic mass is 19.1. The summed E-state index contributed by atoms with van der Waals surface area (Å²) in [4.78, 5) is 22.2. The van der Waals surface area contributed by atoms with E-state index >= 15 is 0 Å². The molecule has 2 atom stereocenters. The molecule has 0 radical (unpaired) electrons. The minimum Gasteiger partial charge on any atom is -0.481 e. The van der Waals surface area contributed by atoms with Crippen molar-refractivity contribution in [3.8, 4) is 0 Å². The van der Waals surface area contributed by atoms with Crippen LogP contribution < -0.4 is 5.32 Å². The Kier molecular flexibility index (Phi) is 3.08. The molecule has 0 aliphatic carbocycles. The molecule has 1 aromatic carbocycles. The third kappa shape index (κ3) is 2.27. The molecular formula is C12H12FNO3. The zero-order chi connectivity index (χ0) is 12.4. The molecule has 1 saturated heterocycles.